The number of hydrogen-bond donors (Lipinski definition) is 1. The van der Waals surface area contributed by atoms with Crippen molar-refractivity contribution >= 4 is 35.0 Å². The molecule has 22 heavy (non-hydrogen) atoms. The summed E-state index contributed by atoms with van der Waals surface area (Å²) < 4.78 is 5.06. The minimum absolute atomic E-state index is 0.167. The van der Waals surface area contributed by atoms with Gasteiger partial charge in [-0.05, 0) is 32.0 Å². The maximum Gasteiger partial charge on any atom is 0.234 e. The van der Waals surface area contributed by atoms with Crippen molar-refractivity contribution in [1.82, 2.24) is 9.97 Å². The van der Waals surface area contributed by atoms with E-state index in [1.165, 1.54) is 11.8 Å². The molecule has 1 aromatic heterocycles. The molecule has 1 heterocycles. The number of methoxy groups -OCH3 is 1. The van der Waals surface area contributed by atoms with Crippen molar-refractivity contribution in [2.45, 2.75) is 19.0 Å². The topological polar surface area (TPSA) is 64.1 Å². The van der Waals surface area contributed by atoms with Gasteiger partial charge in [0.1, 0.15) is 5.75 Å². The van der Waals surface area contributed by atoms with E-state index in [2.05, 4.69) is 15.3 Å². The van der Waals surface area contributed by atoms with Gasteiger partial charge in [0, 0.05) is 17.5 Å². The Bertz CT molecular complexity index is 674. The molecule has 0 saturated carbocycles. The number of amides is 1. The van der Waals surface area contributed by atoms with E-state index in [0.717, 1.165) is 11.4 Å². The minimum Gasteiger partial charge on any atom is -0.497 e. The number of ether oxygens (including phenoxy) is 1. The lowest BCUT2D eigenvalue weighted by atomic mass is 10.3. The van der Waals surface area contributed by atoms with Crippen LogP contribution in [-0.2, 0) is 4.79 Å². The van der Waals surface area contributed by atoms with Crippen molar-refractivity contribution in [2.75, 3.05) is 18.2 Å². The standard InChI is InChI=1S/C15H16ClN3O2S/c1-9-6-10(2)18-15(17-9)22-8-14(20)19-13-5-4-11(21-3)7-12(13)16/h4-7H,8H2,1-3H3,(H,19,20). The molecule has 0 atom stereocenters. The van der Waals surface area contributed by atoms with E-state index in [1.54, 1.807) is 25.3 Å². The summed E-state index contributed by atoms with van der Waals surface area (Å²) in [5.41, 5.74) is 2.32. The first-order chi connectivity index (χ1) is 10.5. The van der Waals surface area contributed by atoms with E-state index >= 15 is 0 Å². The maximum atomic E-state index is 12.0. The van der Waals surface area contributed by atoms with Crippen molar-refractivity contribution in [3.05, 3.63) is 40.7 Å². The fourth-order valence-corrected chi connectivity index (χ4v) is 2.77. The molecule has 0 aliphatic carbocycles. The average Bonchev–Trinajstić information content (AvgIpc) is 2.46. The largest absolute Gasteiger partial charge is 0.497 e. The smallest absolute Gasteiger partial charge is 0.234 e. The molecule has 1 N–H and O–H groups in total. The number of anilines is 1. The number of thioether (sulfide) groups is 1. The van der Waals surface area contributed by atoms with Crippen LogP contribution in [0.5, 0.6) is 5.75 Å². The maximum absolute atomic E-state index is 12.0. The van der Waals surface area contributed by atoms with Crippen LogP contribution < -0.4 is 10.1 Å². The summed E-state index contributed by atoms with van der Waals surface area (Å²) in [5.74, 6) is 0.687. The molecule has 0 radical (unpaired) electrons. The second-order valence-corrected chi connectivity index (χ2v) is 5.97. The van der Waals surface area contributed by atoms with Crippen molar-refractivity contribution in [2.24, 2.45) is 0 Å². The molecule has 0 spiro atoms. The summed E-state index contributed by atoms with van der Waals surface area (Å²) in [6.07, 6.45) is 0. The lowest BCUT2D eigenvalue weighted by Crippen LogP contribution is -2.14. The van der Waals surface area contributed by atoms with Gasteiger partial charge < -0.3 is 10.1 Å². The molecule has 0 aliphatic rings. The van der Waals surface area contributed by atoms with Gasteiger partial charge in [-0.1, -0.05) is 23.4 Å². The summed E-state index contributed by atoms with van der Waals surface area (Å²) >= 11 is 7.37. The number of benzene rings is 1. The number of nitrogens with zero attached hydrogens (tertiary/aromatic N) is 2. The molecule has 2 rings (SSSR count). The molecular weight excluding hydrogens is 322 g/mol. The summed E-state index contributed by atoms with van der Waals surface area (Å²) in [7, 11) is 1.56. The average molecular weight is 338 g/mol. The molecule has 0 unspecified atom stereocenters. The van der Waals surface area contributed by atoms with E-state index in [1.807, 2.05) is 19.9 Å². The first-order valence-corrected chi connectivity index (χ1v) is 7.93. The summed E-state index contributed by atoms with van der Waals surface area (Å²) in [4.78, 5) is 20.5. The highest BCUT2D eigenvalue weighted by molar-refractivity contribution is 7.99. The zero-order valence-corrected chi connectivity index (χ0v) is 14.1. The van der Waals surface area contributed by atoms with E-state index in [9.17, 15) is 4.79 Å². The molecule has 0 aliphatic heterocycles. The Morgan fingerprint density at radius 3 is 2.55 bits per heavy atom. The number of hydrogen-bond acceptors (Lipinski definition) is 5. The van der Waals surface area contributed by atoms with Crippen molar-refractivity contribution in [1.29, 1.82) is 0 Å². The number of carbonyl (C=O) groups excluding carboxylic acids is 1. The highest BCUT2D eigenvalue weighted by atomic mass is 35.5. The first kappa shape index (κ1) is 16.6. The van der Waals surface area contributed by atoms with E-state index in [-0.39, 0.29) is 11.7 Å². The third-order valence-corrected chi connectivity index (χ3v) is 3.90. The summed E-state index contributed by atoms with van der Waals surface area (Å²) in [5, 5.41) is 3.78. The van der Waals surface area contributed by atoms with Gasteiger partial charge in [-0.2, -0.15) is 0 Å². The molecule has 5 nitrogen and oxygen atoms in total. The summed E-state index contributed by atoms with van der Waals surface area (Å²) in [6, 6.07) is 6.98. The Morgan fingerprint density at radius 2 is 1.95 bits per heavy atom. The minimum atomic E-state index is -0.167. The number of aromatic nitrogens is 2. The van der Waals surface area contributed by atoms with Gasteiger partial charge in [0.25, 0.3) is 0 Å². The molecule has 0 bridgehead atoms. The molecule has 1 amide bonds. The van der Waals surface area contributed by atoms with E-state index in [0.29, 0.717) is 21.6 Å². The van der Waals surface area contributed by atoms with Gasteiger partial charge in [-0.25, -0.2) is 9.97 Å². The number of rotatable bonds is 5. The van der Waals surface area contributed by atoms with E-state index < -0.39 is 0 Å². The van der Waals surface area contributed by atoms with Crippen LogP contribution in [0.2, 0.25) is 5.02 Å². The fraction of sp³-hybridized carbons (Fsp3) is 0.267. The monoisotopic (exact) mass is 337 g/mol. The van der Waals surface area contributed by atoms with Crippen LogP contribution in [0.3, 0.4) is 0 Å². The fourth-order valence-electron chi connectivity index (χ4n) is 1.80. The van der Waals surface area contributed by atoms with Crippen molar-refractivity contribution < 1.29 is 9.53 Å². The third-order valence-electron chi connectivity index (χ3n) is 2.74. The Morgan fingerprint density at radius 1 is 1.27 bits per heavy atom. The van der Waals surface area contributed by atoms with Gasteiger partial charge in [0.05, 0.1) is 23.6 Å². The molecule has 0 saturated heterocycles. The highest BCUT2D eigenvalue weighted by Crippen LogP contribution is 2.26. The second kappa shape index (κ2) is 7.47. The lowest BCUT2D eigenvalue weighted by Gasteiger charge is -2.08. The zero-order chi connectivity index (χ0) is 16.1. The second-order valence-electron chi connectivity index (χ2n) is 4.62. The van der Waals surface area contributed by atoms with Gasteiger partial charge in [-0.3, -0.25) is 4.79 Å². The number of nitrogens with one attached hydrogen (secondary N) is 1. The normalized spacial score (nSPS) is 10.4. The Kier molecular flexibility index (Phi) is 5.63. The highest BCUT2D eigenvalue weighted by Gasteiger charge is 2.09. The molecule has 7 heteroatoms. The predicted molar refractivity (Wildman–Crippen MR) is 88.9 cm³/mol. The van der Waals surface area contributed by atoms with Gasteiger partial charge in [-0.15, -0.1) is 0 Å². The summed E-state index contributed by atoms with van der Waals surface area (Å²) in [6.45, 7) is 3.80. The third kappa shape index (κ3) is 4.61. The first-order valence-electron chi connectivity index (χ1n) is 6.56. The van der Waals surface area contributed by atoms with Crippen molar-refractivity contribution in [3.63, 3.8) is 0 Å². The van der Waals surface area contributed by atoms with Gasteiger partial charge in [0.2, 0.25) is 5.91 Å². The number of carbonyl (C=O) groups is 1. The van der Waals surface area contributed by atoms with Crippen LogP contribution in [-0.4, -0.2) is 28.7 Å². The van der Waals surface area contributed by atoms with Crippen LogP contribution in [0.15, 0.2) is 29.4 Å². The van der Waals surface area contributed by atoms with Crippen LogP contribution >= 0.6 is 23.4 Å². The quantitative estimate of drug-likeness (QED) is 0.668. The van der Waals surface area contributed by atoms with Crippen LogP contribution in [0, 0.1) is 13.8 Å². The lowest BCUT2D eigenvalue weighted by molar-refractivity contribution is -0.113. The van der Waals surface area contributed by atoms with Gasteiger partial charge in [0.15, 0.2) is 5.16 Å². The van der Waals surface area contributed by atoms with Crippen molar-refractivity contribution in [3.8, 4) is 5.75 Å². The van der Waals surface area contributed by atoms with Crippen LogP contribution in [0.4, 0.5) is 5.69 Å². The Balaban J connectivity index is 1.95. The molecule has 2 aromatic rings. The number of aryl methyl sites for hydroxylation is 2. The zero-order valence-electron chi connectivity index (χ0n) is 12.5. The molecular formula is C15H16ClN3O2S. The Labute approximate surface area is 138 Å². The molecule has 1 aromatic carbocycles. The van der Waals surface area contributed by atoms with E-state index in [4.69, 9.17) is 16.3 Å². The van der Waals surface area contributed by atoms with Crippen LogP contribution in [0.1, 0.15) is 11.4 Å². The van der Waals surface area contributed by atoms with Gasteiger partial charge >= 0.3 is 0 Å². The van der Waals surface area contributed by atoms with Crippen LogP contribution in [0.25, 0.3) is 0 Å². The molecule has 0 fully saturated rings. The molecule has 116 valence electrons. The number of halogens is 1. The Hall–Kier alpha value is -1.79. The predicted octanol–water partition coefficient (Wildman–Crippen LogP) is 3.49. The SMILES string of the molecule is COc1ccc(NC(=O)CSc2nc(C)cc(C)n2)c(Cl)c1.